The molecular weight excluding hydrogens is 1620 g/mol. The monoisotopic (exact) mass is 1780 g/mol. The number of aromatic nitrogens is 11. The van der Waals surface area contributed by atoms with Crippen molar-refractivity contribution in [2.75, 3.05) is 0 Å². The Morgan fingerprint density at radius 1 is 0.150 bits per heavy atom. The number of hydrogen-bond donors (Lipinski definition) is 0. The number of rotatable bonds is 0. The van der Waals surface area contributed by atoms with E-state index in [-0.39, 0.29) is 0 Å². The molecule has 0 radical (unpaired) electrons. The molecule has 21 aromatic rings. The third kappa shape index (κ3) is 32.8. The van der Waals surface area contributed by atoms with Gasteiger partial charge in [0.25, 0.3) is 0 Å². The summed E-state index contributed by atoms with van der Waals surface area (Å²) in [5, 5.41) is 20.5. The summed E-state index contributed by atoms with van der Waals surface area (Å²) in [7, 11) is 0. The highest BCUT2D eigenvalue weighted by Crippen LogP contribution is 2.31. The van der Waals surface area contributed by atoms with E-state index in [9.17, 15) is 0 Å². The van der Waals surface area contributed by atoms with E-state index < -0.39 is 0 Å². The number of aryl methyl sites for hydroxylation is 7. The van der Waals surface area contributed by atoms with Crippen LogP contribution in [0.3, 0.4) is 0 Å². The summed E-state index contributed by atoms with van der Waals surface area (Å²) in [5.41, 5.74) is 19.6. The Morgan fingerprint density at radius 2 is 0.481 bits per heavy atom. The van der Waals surface area contributed by atoms with Crippen molar-refractivity contribution in [3.63, 3.8) is 0 Å². The third-order valence-electron chi connectivity index (χ3n) is 18.9. The molecule has 0 unspecified atom stereocenters. The maximum atomic E-state index is 4.54. The lowest BCUT2D eigenvalue weighted by Gasteiger charge is -2.04. The molecule has 0 N–H and O–H groups in total. The van der Waals surface area contributed by atoms with Gasteiger partial charge < -0.3 is 0 Å². The van der Waals surface area contributed by atoms with Gasteiger partial charge in [-0.1, -0.05) is 381 Å². The summed E-state index contributed by atoms with van der Waals surface area (Å²) >= 11 is 0. The molecule has 0 spiro atoms. The van der Waals surface area contributed by atoms with Crippen LogP contribution in [-0.2, 0) is 0 Å². The van der Waals surface area contributed by atoms with Gasteiger partial charge in [-0.15, -0.1) is 0 Å². The van der Waals surface area contributed by atoms with Crippen LogP contribution in [0.25, 0.3) is 152 Å². The first-order chi connectivity index (χ1) is 65.5. The molecular formula is C122H157N11. The van der Waals surface area contributed by atoms with E-state index >= 15 is 0 Å². The van der Waals surface area contributed by atoms with Crippen molar-refractivity contribution < 1.29 is 0 Å². The van der Waals surface area contributed by atoms with Gasteiger partial charge in [0.15, 0.2) is 0 Å². The van der Waals surface area contributed by atoms with Crippen molar-refractivity contribution in [2.45, 2.75) is 242 Å². The van der Waals surface area contributed by atoms with Gasteiger partial charge in [-0.3, -0.25) is 54.8 Å². The Morgan fingerprint density at radius 3 is 1.04 bits per heavy atom. The molecule has 0 atom stereocenters. The lowest BCUT2D eigenvalue weighted by molar-refractivity contribution is 1.25. The van der Waals surface area contributed by atoms with Crippen molar-refractivity contribution in [1.29, 1.82) is 0 Å². The summed E-state index contributed by atoms with van der Waals surface area (Å²) in [4.78, 5) is 48.8. The van der Waals surface area contributed by atoms with Gasteiger partial charge in [-0.05, 0) is 165 Å². The average molecular weight is 1780 g/mol. The number of pyridine rings is 11. The van der Waals surface area contributed by atoms with E-state index in [4.69, 9.17) is 0 Å². The molecule has 0 bridgehead atoms. The van der Waals surface area contributed by atoms with Gasteiger partial charge in [0.1, 0.15) is 0 Å². The lowest BCUT2D eigenvalue weighted by atomic mass is 10.0. The molecule has 700 valence electrons. The average Bonchev–Trinajstić information content (AvgIpc) is 0.778. The molecule has 11 nitrogen and oxygen atoms in total. The van der Waals surface area contributed by atoms with Crippen LogP contribution >= 0.6 is 0 Å². The van der Waals surface area contributed by atoms with Crippen LogP contribution in [-0.4, -0.2) is 54.8 Å². The normalized spacial score (nSPS) is 9.32. The predicted octanol–water partition coefficient (Wildman–Crippen LogP) is 37.8. The minimum absolute atomic E-state index is 0.981. The smallest absolute Gasteiger partial charge is 0.0967 e. The van der Waals surface area contributed by atoms with E-state index in [2.05, 4.69) is 290 Å². The van der Waals surface area contributed by atoms with Gasteiger partial charge in [-0.2, -0.15) is 0 Å². The fraction of sp³-hybridized carbons (Fsp3) is 0.287. The largest absolute Gasteiger partial charge is 0.256 e. The fourth-order valence-corrected chi connectivity index (χ4v) is 13.6. The summed E-state index contributed by atoms with van der Waals surface area (Å²) in [6.07, 6.45) is 18.6. The van der Waals surface area contributed by atoms with E-state index in [1.54, 1.807) is 0 Å². The molecule has 0 amide bonds. The summed E-state index contributed by atoms with van der Waals surface area (Å²) in [6.45, 7) is 70.6. The number of hydrogen-bond acceptors (Lipinski definition) is 11. The second-order valence-electron chi connectivity index (χ2n) is 26.2. The summed E-state index contributed by atoms with van der Waals surface area (Å²) in [5.74, 6) is 0. The van der Waals surface area contributed by atoms with E-state index in [1.165, 1.54) is 92.6 Å². The summed E-state index contributed by atoms with van der Waals surface area (Å²) in [6, 6.07) is 87.2. The van der Waals surface area contributed by atoms with E-state index in [1.807, 2.05) is 323 Å². The molecule has 0 aliphatic heterocycles. The Bertz CT molecular complexity index is 6300. The first-order valence-electron chi connectivity index (χ1n) is 49.1. The number of fused-ring (bicyclic) bond motifs is 21. The molecule has 0 aliphatic rings. The minimum Gasteiger partial charge on any atom is -0.256 e. The van der Waals surface area contributed by atoms with Crippen LogP contribution < -0.4 is 0 Å². The lowest BCUT2D eigenvalue weighted by Crippen LogP contribution is -1.86. The second kappa shape index (κ2) is 68.5. The molecule has 11 heteroatoms. The highest BCUT2D eigenvalue weighted by atomic mass is 14.8. The second-order valence-corrected chi connectivity index (χ2v) is 26.2. The maximum absolute atomic E-state index is 4.54. The SMILES string of the molecule is CC.CC.CC.CC.CC.CC.CC.CC.CC.CC.CC.CC.CC.CC.Cc1cc2cccnc2c2ncccc12.Cc1ccc2c(cnc3ccccc32)c1.Cc1ccc2ccc3cccnc3c2n1.Cc1cccc2c1cnc1ccccc12.Cc1cccc2c1ncc1ccccc12.Cc1ccnc2c1ccc1cccnc12.Cc1cnc2c(ccc3cccnc32)c1. The minimum atomic E-state index is 0.981. The summed E-state index contributed by atoms with van der Waals surface area (Å²) < 4.78 is 0. The predicted molar refractivity (Wildman–Crippen MR) is 598 cm³/mol. The molecule has 21 rings (SSSR count). The molecule has 0 saturated carbocycles. The Kier molecular flexibility index (Phi) is 60.5. The van der Waals surface area contributed by atoms with Crippen molar-refractivity contribution in [2.24, 2.45) is 0 Å². The topological polar surface area (TPSA) is 142 Å². The Balaban J connectivity index is 0.000000742. The quantitative estimate of drug-likeness (QED) is 0.134. The van der Waals surface area contributed by atoms with Gasteiger partial charge in [-0.25, -0.2) is 0 Å². The molecule has 11 heterocycles. The first-order valence-corrected chi connectivity index (χ1v) is 49.1. The van der Waals surface area contributed by atoms with Crippen molar-refractivity contribution in [3.05, 3.63) is 356 Å². The van der Waals surface area contributed by atoms with Crippen molar-refractivity contribution >= 4 is 152 Å². The number of benzene rings is 10. The highest BCUT2D eigenvalue weighted by Gasteiger charge is 2.10. The molecule has 0 fully saturated rings. The standard InChI is InChI=1S/3C14H11N.4C13H10N2.14C2H6/c1-10-5-4-7-11-12-6-2-3-8-14(12)15-9-13(10)11;1-10-5-4-8-13-12-7-3-2-6-11(12)9-15-14(10)13;1-10-6-7-12-11(8-10)9-15-14-5-3-2-4-13(12)14;1-9-8-10-4-2-6-14-12(10)13-11(9)5-3-7-15-13;1-9-4-5-11-7-6-10-3-2-8-14-12(10)13(11)15-9;1-9-6-8-15-13-11(9)5-4-10-3-2-7-14-12(10)13;1-9-7-11-5-4-10-3-2-6-14-12(10)13(11)15-8-9;14*1-2/h3*2-9H,1H3;4*2-8H,1H3;14*1-2H3. The zero-order chi connectivity index (χ0) is 99.8. The van der Waals surface area contributed by atoms with Gasteiger partial charge in [0, 0.05) is 143 Å². The third-order valence-corrected chi connectivity index (χ3v) is 18.9. The van der Waals surface area contributed by atoms with Crippen LogP contribution in [0.2, 0.25) is 0 Å². The van der Waals surface area contributed by atoms with Gasteiger partial charge in [0.05, 0.1) is 60.7 Å². The van der Waals surface area contributed by atoms with E-state index in [0.717, 1.165) is 98.7 Å². The van der Waals surface area contributed by atoms with Crippen LogP contribution in [0, 0.1) is 48.5 Å². The molecule has 10 aromatic carbocycles. The number of para-hydroxylation sites is 3. The van der Waals surface area contributed by atoms with Gasteiger partial charge in [0.2, 0.25) is 0 Å². The Hall–Kier alpha value is -13.5. The van der Waals surface area contributed by atoms with E-state index in [0.29, 0.717) is 0 Å². The maximum Gasteiger partial charge on any atom is 0.0967 e. The Labute approximate surface area is 800 Å². The fourth-order valence-electron chi connectivity index (χ4n) is 13.6. The van der Waals surface area contributed by atoms with Crippen LogP contribution in [0.4, 0.5) is 0 Å². The van der Waals surface area contributed by atoms with Crippen LogP contribution in [0.5, 0.6) is 0 Å². The molecule has 0 saturated heterocycles. The van der Waals surface area contributed by atoms with Gasteiger partial charge >= 0.3 is 0 Å². The zero-order valence-corrected chi connectivity index (χ0v) is 87.4. The van der Waals surface area contributed by atoms with Crippen molar-refractivity contribution in [1.82, 2.24) is 54.8 Å². The molecule has 133 heavy (non-hydrogen) atoms. The highest BCUT2D eigenvalue weighted by molar-refractivity contribution is 6.10. The first kappa shape index (κ1) is 117. The number of nitrogens with zero attached hydrogens (tertiary/aromatic N) is 11. The molecule has 11 aromatic heterocycles. The molecule has 0 aliphatic carbocycles. The zero-order valence-electron chi connectivity index (χ0n) is 87.4. The van der Waals surface area contributed by atoms with Crippen molar-refractivity contribution in [3.8, 4) is 0 Å². The van der Waals surface area contributed by atoms with Crippen LogP contribution in [0.1, 0.15) is 233 Å². The van der Waals surface area contributed by atoms with Crippen LogP contribution in [0.15, 0.2) is 317 Å².